The van der Waals surface area contributed by atoms with Gasteiger partial charge in [-0.1, -0.05) is 0 Å². The van der Waals surface area contributed by atoms with Crippen molar-refractivity contribution in [1.29, 1.82) is 0 Å². The molecule has 2 N–H and O–H groups in total. The van der Waals surface area contributed by atoms with Crippen molar-refractivity contribution >= 4 is 5.97 Å². The summed E-state index contributed by atoms with van der Waals surface area (Å²) in [6, 6.07) is 0. The second-order valence-electron chi connectivity index (χ2n) is 2.30. The lowest BCUT2D eigenvalue weighted by molar-refractivity contribution is 0.0671. The lowest BCUT2D eigenvalue weighted by Gasteiger charge is -1.98. The fourth-order valence-corrected chi connectivity index (χ4v) is 0.911. The number of H-pyrrole nitrogens is 1. The molecule has 14 heavy (non-hydrogen) atoms. The average molecular weight is 212 g/mol. The summed E-state index contributed by atoms with van der Waals surface area (Å²) in [7, 11) is 0. The van der Waals surface area contributed by atoms with Crippen LogP contribution in [0.4, 0.5) is 17.6 Å². The molecule has 1 aromatic heterocycles. The van der Waals surface area contributed by atoms with Crippen molar-refractivity contribution < 1.29 is 27.5 Å². The van der Waals surface area contributed by atoms with Crippen LogP contribution in [0.1, 0.15) is 34.6 Å². The van der Waals surface area contributed by atoms with Crippen LogP contribution in [-0.2, 0) is 0 Å². The normalized spacial score (nSPS) is 11.3. The monoisotopic (exact) mass is 212 g/mol. The van der Waals surface area contributed by atoms with Gasteiger partial charge in [-0.3, -0.25) is 5.10 Å². The number of hydrogen-bond acceptors (Lipinski definition) is 2. The van der Waals surface area contributed by atoms with Crippen LogP contribution in [0.25, 0.3) is 0 Å². The number of rotatable bonds is 3. The van der Waals surface area contributed by atoms with Crippen LogP contribution in [0.3, 0.4) is 0 Å². The van der Waals surface area contributed by atoms with E-state index in [1.54, 1.807) is 5.10 Å². The molecule has 1 rings (SSSR count). The summed E-state index contributed by atoms with van der Waals surface area (Å²) in [5, 5.41) is 12.8. The van der Waals surface area contributed by atoms with E-state index in [1.165, 1.54) is 0 Å². The minimum atomic E-state index is -3.20. The summed E-state index contributed by atoms with van der Waals surface area (Å²) in [6.07, 6.45) is -6.38. The molecule has 0 aliphatic heterocycles. The molecule has 0 aromatic carbocycles. The highest BCUT2D eigenvalue weighted by Crippen LogP contribution is 2.28. The molecule has 0 unspecified atom stereocenters. The number of carbonyl (C=O) groups is 1. The van der Waals surface area contributed by atoms with Gasteiger partial charge in [0.15, 0.2) is 0 Å². The van der Waals surface area contributed by atoms with Crippen LogP contribution in [0, 0.1) is 0 Å². The number of aromatic nitrogens is 2. The van der Waals surface area contributed by atoms with Crippen LogP contribution in [0.5, 0.6) is 0 Å². The van der Waals surface area contributed by atoms with Crippen molar-refractivity contribution in [1.82, 2.24) is 10.2 Å². The molecule has 0 amide bonds. The molecule has 78 valence electrons. The zero-order chi connectivity index (χ0) is 10.9. The van der Waals surface area contributed by atoms with Crippen LogP contribution in [0.15, 0.2) is 0 Å². The lowest BCUT2D eigenvalue weighted by atomic mass is 10.2. The average Bonchev–Trinajstić information content (AvgIpc) is 2.46. The predicted molar refractivity (Wildman–Crippen MR) is 35.5 cm³/mol. The van der Waals surface area contributed by atoms with Crippen LogP contribution < -0.4 is 0 Å². The molecule has 0 bridgehead atoms. The van der Waals surface area contributed by atoms with E-state index < -0.39 is 35.8 Å². The fraction of sp³-hybridized carbons (Fsp3) is 0.333. The number of nitrogens with one attached hydrogen (secondary N) is 1. The van der Waals surface area contributed by atoms with Gasteiger partial charge in [0.25, 0.3) is 12.9 Å². The van der Waals surface area contributed by atoms with Gasteiger partial charge in [-0.2, -0.15) is 5.10 Å². The third-order valence-electron chi connectivity index (χ3n) is 1.46. The first-order valence-corrected chi connectivity index (χ1v) is 3.33. The highest BCUT2D eigenvalue weighted by Gasteiger charge is 2.29. The van der Waals surface area contributed by atoms with Crippen molar-refractivity contribution in [3.8, 4) is 0 Å². The van der Waals surface area contributed by atoms with E-state index in [0.29, 0.717) is 0 Å². The number of aromatic carboxylic acids is 1. The third kappa shape index (κ3) is 1.68. The number of halogens is 4. The summed E-state index contributed by atoms with van der Waals surface area (Å²) in [5.74, 6) is -1.86. The quantitative estimate of drug-likeness (QED) is 0.753. The van der Waals surface area contributed by atoms with E-state index in [0.717, 1.165) is 0 Å². The maximum atomic E-state index is 12.1. The maximum Gasteiger partial charge on any atom is 0.339 e. The molecule has 0 fully saturated rings. The standard InChI is InChI=1S/C6H4F4N2O2/c7-4(8)2-1(6(13)14)3(5(9)10)12-11-2/h4-5H,(H,11,12)(H,13,14). The summed E-state index contributed by atoms with van der Waals surface area (Å²) >= 11 is 0. The molecule has 4 nitrogen and oxygen atoms in total. The van der Waals surface area contributed by atoms with Gasteiger partial charge in [0.05, 0.1) is 0 Å². The molecule has 0 saturated carbocycles. The number of hydrogen-bond donors (Lipinski definition) is 2. The first-order chi connectivity index (χ1) is 6.45. The summed E-state index contributed by atoms with van der Waals surface area (Å²) in [5.41, 5.74) is -3.43. The number of alkyl halides is 4. The Hall–Kier alpha value is -1.60. The molecular weight excluding hydrogens is 208 g/mol. The Morgan fingerprint density at radius 2 is 1.86 bits per heavy atom. The van der Waals surface area contributed by atoms with Crippen molar-refractivity contribution in [2.24, 2.45) is 0 Å². The van der Waals surface area contributed by atoms with Crippen molar-refractivity contribution in [2.45, 2.75) is 12.9 Å². The van der Waals surface area contributed by atoms with E-state index in [2.05, 4.69) is 5.10 Å². The molecular formula is C6H4F4N2O2. The van der Waals surface area contributed by atoms with Crippen LogP contribution in [0.2, 0.25) is 0 Å². The van der Waals surface area contributed by atoms with Crippen molar-refractivity contribution in [3.05, 3.63) is 17.0 Å². The Kier molecular flexibility index (Phi) is 2.73. The maximum absolute atomic E-state index is 12.1. The van der Waals surface area contributed by atoms with Crippen molar-refractivity contribution in [2.75, 3.05) is 0 Å². The number of nitrogens with zero attached hydrogens (tertiary/aromatic N) is 1. The molecule has 1 aromatic rings. The topological polar surface area (TPSA) is 66.0 Å². The largest absolute Gasteiger partial charge is 0.478 e. The Balaban J connectivity index is 3.28. The van der Waals surface area contributed by atoms with E-state index in [-0.39, 0.29) is 0 Å². The first kappa shape index (κ1) is 10.5. The smallest absolute Gasteiger partial charge is 0.339 e. The SMILES string of the molecule is O=C(O)c1c(C(F)F)n[nH]c1C(F)F. The van der Waals surface area contributed by atoms with Gasteiger partial charge >= 0.3 is 5.97 Å². The van der Waals surface area contributed by atoms with Gasteiger partial charge < -0.3 is 5.11 Å². The molecule has 0 aliphatic carbocycles. The van der Waals surface area contributed by atoms with Gasteiger partial charge in [-0.25, -0.2) is 22.4 Å². The van der Waals surface area contributed by atoms with E-state index in [4.69, 9.17) is 5.11 Å². The predicted octanol–water partition coefficient (Wildman–Crippen LogP) is 1.98. The van der Waals surface area contributed by atoms with Gasteiger partial charge in [-0.15, -0.1) is 0 Å². The Morgan fingerprint density at radius 3 is 2.21 bits per heavy atom. The summed E-state index contributed by atoms with van der Waals surface area (Å²) < 4.78 is 48.3. The van der Waals surface area contributed by atoms with Crippen molar-refractivity contribution in [3.63, 3.8) is 0 Å². The van der Waals surface area contributed by atoms with Gasteiger partial charge in [0, 0.05) is 0 Å². The third-order valence-corrected chi connectivity index (χ3v) is 1.46. The zero-order valence-corrected chi connectivity index (χ0v) is 6.47. The summed E-state index contributed by atoms with van der Waals surface area (Å²) in [6.45, 7) is 0. The Bertz CT molecular complexity index is 324. The number of aromatic amines is 1. The number of carboxylic acid groups (broad SMARTS) is 1. The van der Waals surface area contributed by atoms with Gasteiger partial charge in [0.2, 0.25) is 0 Å². The van der Waals surface area contributed by atoms with E-state index in [1.807, 2.05) is 0 Å². The minimum absolute atomic E-state index is 1.10. The second kappa shape index (κ2) is 3.64. The second-order valence-corrected chi connectivity index (χ2v) is 2.30. The van der Waals surface area contributed by atoms with Gasteiger partial charge in [0.1, 0.15) is 17.0 Å². The first-order valence-electron chi connectivity index (χ1n) is 3.33. The number of carboxylic acids is 1. The molecule has 8 heteroatoms. The fourth-order valence-electron chi connectivity index (χ4n) is 0.911. The summed E-state index contributed by atoms with van der Waals surface area (Å²) in [4.78, 5) is 10.4. The zero-order valence-electron chi connectivity index (χ0n) is 6.47. The molecule has 1 heterocycles. The van der Waals surface area contributed by atoms with Crippen LogP contribution in [-0.4, -0.2) is 21.3 Å². The highest BCUT2D eigenvalue weighted by molar-refractivity contribution is 5.90. The molecule has 0 atom stereocenters. The minimum Gasteiger partial charge on any atom is -0.478 e. The van der Waals surface area contributed by atoms with E-state index >= 15 is 0 Å². The van der Waals surface area contributed by atoms with Crippen LogP contribution >= 0.6 is 0 Å². The van der Waals surface area contributed by atoms with Gasteiger partial charge in [-0.05, 0) is 0 Å². The lowest BCUT2D eigenvalue weighted by Crippen LogP contribution is -2.04. The van der Waals surface area contributed by atoms with E-state index in [9.17, 15) is 22.4 Å². The molecule has 0 spiro atoms. The Labute approximate surface area is 74.5 Å². The molecule has 0 aliphatic rings. The Morgan fingerprint density at radius 1 is 1.29 bits per heavy atom. The highest BCUT2D eigenvalue weighted by atomic mass is 19.3. The molecule has 0 radical (unpaired) electrons. The molecule has 0 saturated heterocycles.